The van der Waals surface area contributed by atoms with Crippen LogP contribution in [0.5, 0.6) is 5.75 Å². The van der Waals surface area contributed by atoms with Gasteiger partial charge in [-0.2, -0.15) is 0 Å². The Balaban J connectivity index is 1.51. The van der Waals surface area contributed by atoms with Gasteiger partial charge in [0.05, 0.1) is 11.9 Å². The number of likely N-dealkylation sites (tertiary alicyclic amines) is 1. The number of ether oxygens (including phenoxy) is 1. The molecule has 0 atom stereocenters. The molecule has 0 aromatic heterocycles. The molecule has 2 aromatic carbocycles. The number of nitrogens with one attached hydrogen (secondary N) is 1. The summed E-state index contributed by atoms with van der Waals surface area (Å²) in [5.74, 6) is 0.323. The summed E-state index contributed by atoms with van der Waals surface area (Å²) >= 11 is 0. The zero-order valence-electron chi connectivity index (χ0n) is 18.0. The van der Waals surface area contributed by atoms with Gasteiger partial charge in [0, 0.05) is 6.54 Å². The van der Waals surface area contributed by atoms with Crippen molar-refractivity contribution in [3.05, 3.63) is 60.2 Å². The summed E-state index contributed by atoms with van der Waals surface area (Å²) in [6.07, 6.45) is 4.45. The number of rotatable bonds is 11. The summed E-state index contributed by atoms with van der Waals surface area (Å²) in [7, 11) is -3.60. The first-order chi connectivity index (χ1) is 14.9. The molecule has 3 rings (SSSR count). The highest BCUT2D eigenvalue weighted by molar-refractivity contribution is 7.92. The van der Waals surface area contributed by atoms with Crippen LogP contribution in [0.4, 0.5) is 5.69 Å². The maximum absolute atomic E-state index is 12.3. The SMILES string of the molecule is CS(=O)(=O)N(CC(=O)NCCCN1CCCC1)c1ccc(OCc2ccccc2)cc1. The van der Waals surface area contributed by atoms with Crippen LogP contribution in [-0.2, 0) is 21.4 Å². The molecule has 1 amide bonds. The number of nitrogens with zero attached hydrogens (tertiary/aromatic N) is 2. The van der Waals surface area contributed by atoms with E-state index in [9.17, 15) is 13.2 Å². The number of anilines is 1. The summed E-state index contributed by atoms with van der Waals surface area (Å²) in [5, 5.41) is 2.83. The van der Waals surface area contributed by atoms with E-state index < -0.39 is 10.0 Å². The Morgan fingerprint density at radius 1 is 1.06 bits per heavy atom. The number of hydrogen-bond donors (Lipinski definition) is 1. The number of hydrogen-bond acceptors (Lipinski definition) is 5. The number of carbonyl (C=O) groups excluding carboxylic acids is 1. The van der Waals surface area contributed by atoms with Crippen molar-refractivity contribution in [3.63, 3.8) is 0 Å². The predicted octanol–water partition coefficient (Wildman–Crippen LogP) is 2.63. The highest BCUT2D eigenvalue weighted by atomic mass is 32.2. The molecular formula is C23H31N3O4S. The van der Waals surface area contributed by atoms with Crippen LogP contribution < -0.4 is 14.4 Å². The summed E-state index contributed by atoms with van der Waals surface area (Å²) in [4.78, 5) is 14.7. The second kappa shape index (κ2) is 11.2. The van der Waals surface area contributed by atoms with Crippen LogP contribution >= 0.6 is 0 Å². The van der Waals surface area contributed by atoms with E-state index in [0.717, 1.165) is 42.2 Å². The van der Waals surface area contributed by atoms with E-state index in [1.54, 1.807) is 24.3 Å². The van der Waals surface area contributed by atoms with Gasteiger partial charge in [0.1, 0.15) is 18.9 Å². The summed E-state index contributed by atoms with van der Waals surface area (Å²) in [6, 6.07) is 16.5. The second-order valence-electron chi connectivity index (χ2n) is 7.79. The maximum Gasteiger partial charge on any atom is 0.240 e. The highest BCUT2D eigenvalue weighted by Gasteiger charge is 2.21. The molecule has 7 nitrogen and oxygen atoms in total. The van der Waals surface area contributed by atoms with Crippen LogP contribution in [-0.4, -0.2) is 58.2 Å². The molecule has 1 aliphatic heterocycles. The van der Waals surface area contributed by atoms with Gasteiger partial charge in [0.25, 0.3) is 0 Å². The average molecular weight is 446 g/mol. The van der Waals surface area contributed by atoms with E-state index in [0.29, 0.717) is 24.6 Å². The lowest BCUT2D eigenvalue weighted by Gasteiger charge is -2.22. The fourth-order valence-electron chi connectivity index (χ4n) is 3.57. The average Bonchev–Trinajstić information content (AvgIpc) is 3.28. The van der Waals surface area contributed by atoms with Crippen molar-refractivity contribution < 1.29 is 17.9 Å². The van der Waals surface area contributed by atoms with Crippen molar-refractivity contribution in [2.45, 2.75) is 25.9 Å². The highest BCUT2D eigenvalue weighted by Crippen LogP contribution is 2.22. The molecule has 1 N–H and O–H groups in total. The normalized spacial score (nSPS) is 14.4. The molecule has 0 radical (unpaired) electrons. The van der Waals surface area contributed by atoms with Gasteiger partial charge in [-0.1, -0.05) is 30.3 Å². The van der Waals surface area contributed by atoms with E-state index in [4.69, 9.17) is 4.74 Å². The Kier molecular flexibility index (Phi) is 8.31. The van der Waals surface area contributed by atoms with Crippen LogP contribution in [0.1, 0.15) is 24.8 Å². The molecule has 8 heteroatoms. The minimum absolute atomic E-state index is 0.243. The molecule has 0 saturated carbocycles. The molecule has 0 spiro atoms. The molecule has 0 aliphatic carbocycles. The quantitative estimate of drug-likeness (QED) is 0.538. The summed E-state index contributed by atoms with van der Waals surface area (Å²) < 4.78 is 31.4. The fraction of sp³-hybridized carbons (Fsp3) is 0.435. The smallest absolute Gasteiger partial charge is 0.240 e. The van der Waals surface area contributed by atoms with Crippen LogP contribution in [0.25, 0.3) is 0 Å². The Labute approximate surface area is 185 Å². The maximum atomic E-state index is 12.3. The third-order valence-corrected chi connectivity index (χ3v) is 6.37. The van der Waals surface area contributed by atoms with E-state index in [1.165, 1.54) is 12.8 Å². The van der Waals surface area contributed by atoms with E-state index >= 15 is 0 Å². The van der Waals surface area contributed by atoms with Gasteiger partial charge in [0.15, 0.2) is 0 Å². The molecule has 1 saturated heterocycles. The van der Waals surface area contributed by atoms with E-state index in [-0.39, 0.29) is 12.5 Å². The van der Waals surface area contributed by atoms with Crippen molar-refractivity contribution in [3.8, 4) is 5.75 Å². The van der Waals surface area contributed by atoms with E-state index in [2.05, 4.69) is 10.2 Å². The number of carbonyl (C=O) groups is 1. The van der Waals surface area contributed by atoms with Crippen LogP contribution in [0.2, 0.25) is 0 Å². The van der Waals surface area contributed by atoms with Crippen molar-refractivity contribution in [1.29, 1.82) is 0 Å². The van der Waals surface area contributed by atoms with Crippen molar-refractivity contribution in [1.82, 2.24) is 10.2 Å². The lowest BCUT2D eigenvalue weighted by Crippen LogP contribution is -2.41. The Bertz CT molecular complexity index is 927. The monoisotopic (exact) mass is 445 g/mol. The number of sulfonamides is 1. The topological polar surface area (TPSA) is 79.0 Å². The predicted molar refractivity (Wildman–Crippen MR) is 123 cm³/mol. The minimum atomic E-state index is -3.60. The Hall–Kier alpha value is -2.58. The van der Waals surface area contributed by atoms with Gasteiger partial charge >= 0.3 is 0 Å². The van der Waals surface area contributed by atoms with Crippen molar-refractivity contribution in [2.75, 3.05) is 43.3 Å². The van der Waals surface area contributed by atoms with Gasteiger partial charge in [-0.25, -0.2) is 8.42 Å². The lowest BCUT2D eigenvalue weighted by molar-refractivity contribution is -0.119. The fourth-order valence-corrected chi connectivity index (χ4v) is 4.43. The molecule has 1 aliphatic rings. The minimum Gasteiger partial charge on any atom is -0.489 e. The van der Waals surface area contributed by atoms with Gasteiger partial charge in [-0.3, -0.25) is 9.10 Å². The molecule has 1 heterocycles. The van der Waals surface area contributed by atoms with Gasteiger partial charge in [-0.05, 0) is 68.7 Å². The van der Waals surface area contributed by atoms with Crippen molar-refractivity contribution in [2.24, 2.45) is 0 Å². The number of amides is 1. The first kappa shape index (κ1) is 23.1. The first-order valence-corrected chi connectivity index (χ1v) is 12.5. The third kappa shape index (κ3) is 7.56. The third-order valence-electron chi connectivity index (χ3n) is 5.23. The largest absolute Gasteiger partial charge is 0.489 e. The van der Waals surface area contributed by atoms with E-state index in [1.807, 2.05) is 30.3 Å². The Morgan fingerprint density at radius 2 is 1.74 bits per heavy atom. The van der Waals surface area contributed by atoms with Crippen LogP contribution in [0.3, 0.4) is 0 Å². The molecule has 0 unspecified atom stereocenters. The molecule has 0 bridgehead atoms. The van der Waals surface area contributed by atoms with Gasteiger partial charge in [0.2, 0.25) is 15.9 Å². The molecular weight excluding hydrogens is 414 g/mol. The summed E-state index contributed by atoms with van der Waals surface area (Å²) in [5.41, 5.74) is 1.48. The standard InChI is InChI=1S/C23H31N3O4S/c1-31(28,29)26(18-23(27)24-14-7-17-25-15-5-6-16-25)21-10-12-22(13-11-21)30-19-20-8-3-2-4-9-20/h2-4,8-13H,5-7,14-19H2,1H3,(H,24,27). The molecule has 31 heavy (non-hydrogen) atoms. The van der Waals surface area contributed by atoms with Gasteiger partial charge < -0.3 is 15.0 Å². The zero-order valence-corrected chi connectivity index (χ0v) is 18.8. The molecule has 2 aromatic rings. The number of benzene rings is 2. The van der Waals surface area contributed by atoms with Crippen molar-refractivity contribution >= 4 is 21.6 Å². The molecule has 168 valence electrons. The zero-order chi connectivity index (χ0) is 22.1. The van der Waals surface area contributed by atoms with Gasteiger partial charge in [-0.15, -0.1) is 0 Å². The molecule has 1 fully saturated rings. The second-order valence-corrected chi connectivity index (χ2v) is 9.70. The summed E-state index contributed by atoms with van der Waals surface area (Å²) in [6.45, 7) is 3.93. The first-order valence-electron chi connectivity index (χ1n) is 10.7. The lowest BCUT2D eigenvalue weighted by atomic mass is 10.2. The van der Waals surface area contributed by atoms with Crippen LogP contribution in [0, 0.1) is 0 Å². The Morgan fingerprint density at radius 3 is 2.39 bits per heavy atom. The van der Waals surface area contributed by atoms with Crippen LogP contribution in [0.15, 0.2) is 54.6 Å².